The number of aldehydes is 1. The first-order valence-electron chi connectivity index (χ1n) is 2.90. The van der Waals surface area contributed by atoms with E-state index >= 15 is 0 Å². The molecule has 1 aliphatic rings. The van der Waals surface area contributed by atoms with Crippen molar-refractivity contribution in [3.05, 3.63) is 29.8 Å². The predicted molar refractivity (Wildman–Crippen MR) is 36.5 cm³/mol. The maximum Gasteiger partial charge on any atom is 0.314 e. The predicted octanol–water partition coefficient (Wildman–Crippen LogP) is 0.598. The second-order valence-corrected chi connectivity index (χ2v) is 1.96. The lowest BCUT2D eigenvalue weighted by molar-refractivity contribution is -0.108. The summed E-state index contributed by atoms with van der Waals surface area (Å²) in [5, 5.41) is 0. The molecular weight excluding hydrogens is 128 g/mol. The SMILES string of the molecule is [N-]=[N+]=C1C=CC(C=O)C=C1. The summed E-state index contributed by atoms with van der Waals surface area (Å²) in [6.07, 6.45) is 7.35. The average molecular weight is 134 g/mol. The van der Waals surface area contributed by atoms with Gasteiger partial charge in [0.25, 0.3) is 0 Å². The van der Waals surface area contributed by atoms with E-state index in [4.69, 9.17) is 5.53 Å². The van der Waals surface area contributed by atoms with Crippen LogP contribution in [0.15, 0.2) is 24.3 Å². The van der Waals surface area contributed by atoms with Crippen molar-refractivity contribution in [2.24, 2.45) is 5.92 Å². The van der Waals surface area contributed by atoms with Gasteiger partial charge in [-0.05, 0) is 0 Å². The lowest BCUT2D eigenvalue weighted by atomic mass is 10.0. The molecule has 0 amide bonds. The molecule has 0 heterocycles. The van der Waals surface area contributed by atoms with Crippen molar-refractivity contribution in [1.82, 2.24) is 0 Å². The van der Waals surface area contributed by atoms with Gasteiger partial charge in [0.15, 0.2) is 0 Å². The molecule has 0 aliphatic heterocycles. The van der Waals surface area contributed by atoms with Gasteiger partial charge in [0, 0.05) is 12.2 Å². The first-order chi connectivity index (χ1) is 4.86. The molecule has 0 radical (unpaired) electrons. The normalized spacial score (nSPS) is 22.4. The minimum absolute atomic E-state index is 0.162. The van der Waals surface area contributed by atoms with Crippen molar-refractivity contribution in [2.45, 2.75) is 0 Å². The molecule has 0 aromatic carbocycles. The van der Waals surface area contributed by atoms with E-state index in [-0.39, 0.29) is 5.92 Å². The van der Waals surface area contributed by atoms with Gasteiger partial charge in [0.2, 0.25) is 0 Å². The number of carbonyl (C=O) groups is 1. The molecule has 0 aromatic rings. The summed E-state index contributed by atoms with van der Waals surface area (Å²) in [7, 11) is 0. The molecule has 0 saturated heterocycles. The molecule has 1 aliphatic carbocycles. The van der Waals surface area contributed by atoms with E-state index in [0.717, 1.165) is 6.29 Å². The Hall–Kier alpha value is -1.47. The third-order valence-electron chi connectivity index (χ3n) is 1.25. The van der Waals surface area contributed by atoms with E-state index in [1.807, 2.05) is 0 Å². The molecule has 50 valence electrons. The van der Waals surface area contributed by atoms with Crippen LogP contribution in [0.1, 0.15) is 0 Å². The van der Waals surface area contributed by atoms with Crippen molar-refractivity contribution < 1.29 is 9.58 Å². The summed E-state index contributed by atoms with van der Waals surface area (Å²) < 4.78 is 0. The molecule has 3 nitrogen and oxygen atoms in total. The zero-order valence-electron chi connectivity index (χ0n) is 5.27. The molecular formula is C7H6N2O. The minimum Gasteiger partial charge on any atom is -0.361 e. The highest BCUT2D eigenvalue weighted by molar-refractivity contribution is 6.01. The minimum atomic E-state index is -0.162. The third-order valence-corrected chi connectivity index (χ3v) is 1.25. The summed E-state index contributed by atoms with van der Waals surface area (Å²) in [5.74, 6) is -0.162. The smallest absolute Gasteiger partial charge is 0.314 e. The summed E-state index contributed by atoms with van der Waals surface area (Å²) >= 11 is 0. The average Bonchev–Trinajstić information content (AvgIpc) is 2.05. The van der Waals surface area contributed by atoms with Crippen LogP contribution in [0.3, 0.4) is 0 Å². The molecule has 0 spiro atoms. The second kappa shape index (κ2) is 2.90. The zero-order valence-corrected chi connectivity index (χ0v) is 5.27. The fraction of sp³-hybridized carbons (Fsp3) is 0.143. The Bertz CT molecular complexity index is 230. The number of nitrogens with zero attached hydrogens (tertiary/aromatic N) is 2. The number of hydrogen-bond acceptors (Lipinski definition) is 1. The fourth-order valence-corrected chi connectivity index (χ4v) is 0.696. The largest absolute Gasteiger partial charge is 0.361 e. The van der Waals surface area contributed by atoms with E-state index < -0.39 is 0 Å². The molecule has 0 aromatic heterocycles. The first-order valence-corrected chi connectivity index (χ1v) is 2.90. The Balaban J connectivity index is 2.79. The van der Waals surface area contributed by atoms with Gasteiger partial charge in [-0.1, -0.05) is 12.2 Å². The fourth-order valence-electron chi connectivity index (χ4n) is 0.696. The molecule has 0 unspecified atom stereocenters. The van der Waals surface area contributed by atoms with Crippen LogP contribution in [0.5, 0.6) is 0 Å². The molecule has 0 N–H and O–H groups in total. The van der Waals surface area contributed by atoms with E-state index in [1.54, 1.807) is 24.3 Å². The van der Waals surface area contributed by atoms with Crippen molar-refractivity contribution in [1.29, 1.82) is 0 Å². The highest BCUT2D eigenvalue weighted by Crippen LogP contribution is 2.02. The molecule has 3 heteroatoms. The van der Waals surface area contributed by atoms with Gasteiger partial charge >= 0.3 is 5.71 Å². The van der Waals surface area contributed by atoms with Crippen molar-refractivity contribution in [3.63, 3.8) is 0 Å². The second-order valence-electron chi connectivity index (χ2n) is 1.96. The Morgan fingerprint density at radius 1 is 1.50 bits per heavy atom. The lowest BCUT2D eigenvalue weighted by Crippen LogP contribution is -2.02. The third kappa shape index (κ3) is 1.27. The molecule has 0 saturated carbocycles. The van der Waals surface area contributed by atoms with Gasteiger partial charge < -0.3 is 10.3 Å². The maximum atomic E-state index is 10.2. The van der Waals surface area contributed by atoms with Gasteiger partial charge in [-0.25, -0.2) is 0 Å². The highest BCUT2D eigenvalue weighted by atomic mass is 16.1. The van der Waals surface area contributed by atoms with Gasteiger partial charge in [-0.3, -0.25) is 0 Å². The molecule has 0 bridgehead atoms. The number of rotatable bonds is 1. The topological polar surface area (TPSA) is 53.5 Å². The van der Waals surface area contributed by atoms with Crippen LogP contribution in [0.25, 0.3) is 5.53 Å². The number of carbonyl (C=O) groups excluding carboxylic acids is 1. The Morgan fingerprint density at radius 3 is 2.50 bits per heavy atom. The van der Waals surface area contributed by atoms with Crippen LogP contribution in [-0.4, -0.2) is 16.8 Å². The van der Waals surface area contributed by atoms with Gasteiger partial charge in [0.1, 0.15) is 6.29 Å². The van der Waals surface area contributed by atoms with Crippen LogP contribution in [0.2, 0.25) is 0 Å². The summed E-state index contributed by atoms with van der Waals surface area (Å²) in [6, 6.07) is 0. The van der Waals surface area contributed by atoms with E-state index in [9.17, 15) is 4.79 Å². The van der Waals surface area contributed by atoms with E-state index in [2.05, 4.69) is 4.79 Å². The Morgan fingerprint density at radius 2 is 2.10 bits per heavy atom. The van der Waals surface area contributed by atoms with Crippen LogP contribution in [0.4, 0.5) is 0 Å². The number of hydrogen-bond donors (Lipinski definition) is 0. The van der Waals surface area contributed by atoms with Gasteiger partial charge in [0.05, 0.1) is 5.92 Å². The molecule has 0 atom stereocenters. The zero-order chi connectivity index (χ0) is 7.40. The van der Waals surface area contributed by atoms with Crippen LogP contribution < -0.4 is 0 Å². The molecule has 1 rings (SSSR count). The molecule has 0 fully saturated rings. The van der Waals surface area contributed by atoms with Crippen LogP contribution >= 0.6 is 0 Å². The standard InChI is InChI=1S/C7H6N2O/c8-9-7-3-1-6(5-10)2-4-7/h1-6H. The Labute approximate surface area is 58.3 Å². The Kier molecular flexibility index (Phi) is 1.92. The molecule has 10 heavy (non-hydrogen) atoms. The van der Waals surface area contributed by atoms with Gasteiger partial charge in [-0.15, -0.1) is 0 Å². The monoisotopic (exact) mass is 134 g/mol. The quantitative estimate of drug-likeness (QED) is 0.294. The van der Waals surface area contributed by atoms with Crippen molar-refractivity contribution in [3.8, 4) is 0 Å². The number of allylic oxidation sites excluding steroid dienone is 4. The van der Waals surface area contributed by atoms with Crippen molar-refractivity contribution in [2.75, 3.05) is 0 Å². The van der Waals surface area contributed by atoms with Crippen LogP contribution in [-0.2, 0) is 4.79 Å². The summed E-state index contributed by atoms with van der Waals surface area (Å²) in [6.45, 7) is 0. The van der Waals surface area contributed by atoms with Gasteiger partial charge in [-0.2, -0.15) is 4.79 Å². The van der Waals surface area contributed by atoms with Crippen molar-refractivity contribution >= 4 is 12.0 Å². The highest BCUT2D eigenvalue weighted by Gasteiger charge is 2.06. The summed E-state index contributed by atoms with van der Waals surface area (Å²) in [4.78, 5) is 13.1. The van der Waals surface area contributed by atoms with E-state index in [1.165, 1.54) is 0 Å². The van der Waals surface area contributed by atoms with E-state index in [0.29, 0.717) is 5.71 Å². The lowest BCUT2D eigenvalue weighted by Gasteiger charge is -1.96. The maximum absolute atomic E-state index is 10.2. The first kappa shape index (κ1) is 6.65. The summed E-state index contributed by atoms with van der Waals surface area (Å²) in [5.41, 5.74) is 8.72. The van der Waals surface area contributed by atoms with Crippen LogP contribution in [0, 0.1) is 5.92 Å².